The maximum Gasteiger partial charge on any atom is 0.332 e. The van der Waals surface area contributed by atoms with Crippen molar-refractivity contribution in [1.29, 1.82) is 0 Å². The summed E-state index contributed by atoms with van der Waals surface area (Å²) >= 11 is 0. The summed E-state index contributed by atoms with van der Waals surface area (Å²) in [6, 6.07) is 0. The molecule has 0 saturated carbocycles. The number of carbonyl (C=O) groups is 1. The molecular formula is C27H54O4. The molecule has 0 aromatic heterocycles. The lowest BCUT2D eigenvalue weighted by Crippen LogP contribution is -2.29. The van der Waals surface area contributed by atoms with Gasteiger partial charge in [0.1, 0.15) is 6.61 Å². The normalized spacial score (nSPS) is 13.3. The van der Waals surface area contributed by atoms with E-state index in [4.69, 9.17) is 14.2 Å². The second-order valence-corrected chi connectivity index (χ2v) is 9.30. The number of rotatable bonds is 24. The van der Waals surface area contributed by atoms with Gasteiger partial charge in [-0.1, -0.05) is 111 Å². The van der Waals surface area contributed by atoms with Crippen molar-refractivity contribution in [3.05, 3.63) is 0 Å². The van der Waals surface area contributed by atoms with Crippen LogP contribution in [0.25, 0.3) is 0 Å². The molecule has 0 aliphatic heterocycles. The Bertz CT molecular complexity index is 385. The fraction of sp³-hybridized carbons (Fsp3) is 0.963. The van der Waals surface area contributed by atoms with Crippen LogP contribution in [0.2, 0.25) is 0 Å². The molecule has 1 unspecified atom stereocenters. The van der Waals surface area contributed by atoms with Gasteiger partial charge in [0.15, 0.2) is 0 Å². The minimum absolute atomic E-state index is 0.0257. The quantitative estimate of drug-likeness (QED) is 0.113. The van der Waals surface area contributed by atoms with E-state index in [-0.39, 0.29) is 18.0 Å². The Hall–Kier alpha value is -0.610. The van der Waals surface area contributed by atoms with Crippen LogP contribution in [0.15, 0.2) is 0 Å². The van der Waals surface area contributed by atoms with E-state index < -0.39 is 0 Å². The molecule has 0 heterocycles. The van der Waals surface area contributed by atoms with Crippen LogP contribution < -0.4 is 0 Å². The summed E-state index contributed by atoms with van der Waals surface area (Å²) in [5.74, 6) is -0.243. The highest BCUT2D eigenvalue weighted by Crippen LogP contribution is 2.36. The molecule has 4 heteroatoms. The van der Waals surface area contributed by atoms with Crippen molar-refractivity contribution in [2.75, 3.05) is 33.5 Å². The van der Waals surface area contributed by atoms with Crippen LogP contribution in [0.1, 0.15) is 130 Å². The molecule has 0 fully saturated rings. The van der Waals surface area contributed by atoms with Gasteiger partial charge in [-0.2, -0.15) is 0 Å². The highest BCUT2D eigenvalue weighted by atomic mass is 16.6. The lowest BCUT2D eigenvalue weighted by atomic mass is 9.76. The van der Waals surface area contributed by atoms with Gasteiger partial charge in [-0.3, -0.25) is 0 Å². The van der Waals surface area contributed by atoms with Crippen molar-refractivity contribution < 1.29 is 19.0 Å². The first-order valence-corrected chi connectivity index (χ1v) is 13.4. The first kappa shape index (κ1) is 30.4. The number of unbranched alkanes of at least 4 members (excludes halogenated alkanes) is 12. The molecule has 0 radical (unpaired) electrons. The van der Waals surface area contributed by atoms with Gasteiger partial charge in [-0.05, 0) is 19.3 Å². The average molecular weight is 443 g/mol. The second kappa shape index (κ2) is 22.6. The van der Waals surface area contributed by atoms with Crippen molar-refractivity contribution in [1.82, 2.24) is 0 Å². The Balaban J connectivity index is 4.40. The molecular weight excluding hydrogens is 388 g/mol. The van der Waals surface area contributed by atoms with Gasteiger partial charge in [0.2, 0.25) is 0 Å². The Labute approximate surface area is 194 Å². The third kappa shape index (κ3) is 18.6. The van der Waals surface area contributed by atoms with E-state index in [0.29, 0.717) is 19.8 Å². The molecule has 1 atom stereocenters. The Morgan fingerprint density at radius 1 is 0.677 bits per heavy atom. The minimum atomic E-state index is -0.243. The van der Waals surface area contributed by atoms with Crippen molar-refractivity contribution in [2.45, 2.75) is 130 Å². The van der Waals surface area contributed by atoms with E-state index in [1.165, 1.54) is 103 Å². The maximum atomic E-state index is 12.1. The summed E-state index contributed by atoms with van der Waals surface area (Å²) in [6.07, 6.45) is 22.0. The largest absolute Gasteiger partial charge is 0.463 e. The SMILES string of the molecule is CCCCCCCCCCC(CC)(CCCCCCCC)COC(=O)COCCOC. The third-order valence-electron chi connectivity index (χ3n) is 6.56. The molecule has 0 saturated heterocycles. The summed E-state index contributed by atoms with van der Waals surface area (Å²) < 4.78 is 16.0. The molecule has 0 bridgehead atoms. The van der Waals surface area contributed by atoms with Crippen molar-refractivity contribution in [2.24, 2.45) is 5.41 Å². The number of hydrogen-bond donors (Lipinski definition) is 0. The molecule has 31 heavy (non-hydrogen) atoms. The van der Waals surface area contributed by atoms with Crippen LogP contribution in [0, 0.1) is 5.41 Å². The maximum absolute atomic E-state index is 12.1. The molecule has 0 rings (SSSR count). The number of methoxy groups -OCH3 is 1. The van der Waals surface area contributed by atoms with Gasteiger partial charge < -0.3 is 14.2 Å². The van der Waals surface area contributed by atoms with Crippen LogP contribution in [0.4, 0.5) is 0 Å². The summed E-state index contributed by atoms with van der Waals surface area (Å²) in [7, 11) is 1.63. The molecule has 0 aromatic rings. The second-order valence-electron chi connectivity index (χ2n) is 9.30. The van der Waals surface area contributed by atoms with Gasteiger partial charge in [-0.25, -0.2) is 4.79 Å². The number of ether oxygens (including phenoxy) is 3. The first-order chi connectivity index (χ1) is 15.1. The highest BCUT2D eigenvalue weighted by Gasteiger charge is 2.29. The van der Waals surface area contributed by atoms with Crippen LogP contribution in [0.3, 0.4) is 0 Å². The van der Waals surface area contributed by atoms with Crippen LogP contribution in [-0.2, 0) is 19.0 Å². The molecule has 186 valence electrons. The van der Waals surface area contributed by atoms with Crippen LogP contribution in [-0.4, -0.2) is 39.5 Å². The predicted molar refractivity (Wildman–Crippen MR) is 132 cm³/mol. The van der Waals surface area contributed by atoms with E-state index in [0.717, 1.165) is 6.42 Å². The van der Waals surface area contributed by atoms with Gasteiger partial charge in [0.25, 0.3) is 0 Å². The lowest BCUT2D eigenvalue weighted by Gasteiger charge is -2.32. The fourth-order valence-electron chi connectivity index (χ4n) is 4.21. The zero-order valence-electron chi connectivity index (χ0n) is 21.5. The molecule has 4 nitrogen and oxygen atoms in total. The van der Waals surface area contributed by atoms with E-state index >= 15 is 0 Å². The first-order valence-electron chi connectivity index (χ1n) is 13.4. The monoisotopic (exact) mass is 442 g/mol. The predicted octanol–water partition coefficient (Wildman–Crippen LogP) is 7.87. The Kier molecular flexibility index (Phi) is 22.1. The summed E-state index contributed by atoms with van der Waals surface area (Å²) in [6.45, 7) is 8.30. The number of esters is 1. The van der Waals surface area contributed by atoms with Crippen LogP contribution >= 0.6 is 0 Å². The third-order valence-corrected chi connectivity index (χ3v) is 6.56. The van der Waals surface area contributed by atoms with E-state index in [1.807, 2.05) is 0 Å². The smallest absolute Gasteiger partial charge is 0.332 e. The van der Waals surface area contributed by atoms with E-state index in [1.54, 1.807) is 7.11 Å². The van der Waals surface area contributed by atoms with Gasteiger partial charge in [-0.15, -0.1) is 0 Å². The van der Waals surface area contributed by atoms with Crippen LogP contribution in [0.5, 0.6) is 0 Å². The zero-order valence-corrected chi connectivity index (χ0v) is 21.5. The molecule has 0 N–H and O–H groups in total. The lowest BCUT2D eigenvalue weighted by molar-refractivity contribution is -0.153. The standard InChI is InChI=1S/C27H54O4/c1-5-8-10-12-14-15-17-19-21-27(7-3,20-18-16-13-11-9-6-2)25-31-26(28)24-30-23-22-29-4/h5-25H2,1-4H3. The van der Waals surface area contributed by atoms with Gasteiger partial charge in [0.05, 0.1) is 19.8 Å². The number of hydrogen-bond acceptors (Lipinski definition) is 4. The molecule has 0 aliphatic carbocycles. The van der Waals surface area contributed by atoms with Gasteiger partial charge >= 0.3 is 5.97 Å². The molecule has 0 amide bonds. The van der Waals surface area contributed by atoms with Crippen molar-refractivity contribution >= 4 is 5.97 Å². The summed E-state index contributed by atoms with van der Waals surface area (Å²) in [5, 5.41) is 0. The Morgan fingerprint density at radius 2 is 1.16 bits per heavy atom. The molecule has 0 spiro atoms. The molecule has 0 aliphatic rings. The van der Waals surface area contributed by atoms with E-state index in [9.17, 15) is 4.79 Å². The summed E-state index contributed by atoms with van der Waals surface area (Å²) in [5.41, 5.74) is 0.134. The molecule has 0 aromatic carbocycles. The van der Waals surface area contributed by atoms with Gasteiger partial charge in [0, 0.05) is 12.5 Å². The van der Waals surface area contributed by atoms with Crippen molar-refractivity contribution in [3.8, 4) is 0 Å². The minimum Gasteiger partial charge on any atom is -0.463 e. The number of carbonyl (C=O) groups excluding carboxylic acids is 1. The average Bonchev–Trinajstić information content (AvgIpc) is 2.78. The zero-order chi connectivity index (χ0) is 23.0. The fourth-order valence-corrected chi connectivity index (χ4v) is 4.21. The van der Waals surface area contributed by atoms with E-state index in [2.05, 4.69) is 20.8 Å². The summed E-state index contributed by atoms with van der Waals surface area (Å²) in [4.78, 5) is 12.1. The Morgan fingerprint density at radius 3 is 1.61 bits per heavy atom. The highest BCUT2D eigenvalue weighted by molar-refractivity contribution is 5.70. The topological polar surface area (TPSA) is 44.8 Å². The van der Waals surface area contributed by atoms with Crippen molar-refractivity contribution in [3.63, 3.8) is 0 Å².